The number of hydrogen-bond donors (Lipinski definition) is 2. The van der Waals surface area contributed by atoms with E-state index in [1.54, 1.807) is 7.11 Å². The van der Waals surface area contributed by atoms with Crippen molar-refractivity contribution in [1.29, 1.82) is 0 Å². The number of benzene rings is 1. The molecule has 2 atom stereocenters. The van der Waals surface area contributed by atoms with Crippen molar-refractivity contribution in [3.63, 3.8) is 0 Å². The molecule has 0 amide bonds. The Labute approximate surface area is 116 Å². The molecule has 3 nitrogen and oxygen atoms in total. The summed E-state index contributed by atoms with van der Waals surface area (Å²) in [5, 5.41) is 10.1. The lowest BCUT2D eigenvalue weighted by Crippen LogP contribution is -2.36. The van der Waals surface area contributed by atoms with Gasteiger partial charge in [0.1, 0.15) is 5.75 Å². The molecule has 104 valence electrons. The molecule has 1 rings (SSSR count). The molecule has 3 N–H and O–H groups in total. The van der Waals surface area contributed by atoms with Crippen LogP contribution in [-0.2, 0) is 0 Å². The first kappa shape index (κ1) is 17.2. The van der Waals surface area contributed by atoms with Gasteiger partial charge in [-0.1, -0.05) is 32.9 Å². The van der Waals surface area contributed by atoms with Gasteiger partial charge in [-0.15, -0.1) is 12.4 Å². The molecule has 0 aromatic heterocycles. The van der Waals surface area contributed by atoms with E-state index in [0.717, 1.165) is 11.3 Å². The average Bonchev–Trinajstić information content (AvgIpc) is 2.27. The maximum Gasteiger partial charge on any atom is 0.119 e. The molecule has 0 bridgehead atoms. The van der Waals surface area contributed by atoms with E-state index in [9.17, 15) is 5.11 Å². The first-order valence-electron chi connectivity index (χ1n) is 5.92. The Balaban J connectivity index is 0.00000289. The number of halogens is 1. The quantitative estimate of drug-likeness (QED) is 0.887. The Kier molecular flexibility index (Phi) is 6.68. The first-order chi connectivity index (χ1) is 7.84. The van der Waals surface area contributed by atoms with E-state index in [4.69, 9.17) is 10.5 Å². The molecule has 0 aliphatic carbocycles. The predicted molar refractivity (Wildman–Crippen MR) is 77.2 cm³/mol. The Bertz CT molecular complexity index is 363. The van der Waals surface area contributed by atoms with Crippen LogP contribution in [0.3, 0.4) is 0 Å². The Morgan fingerprint density at radius 3 is 2.44 bits per heavy atom. The summed E-state index contributed by atoms with van der Waals surface area (Å²) in [6.07, 6.45) is 0.00996. The van der Waals surface area contributed by atoms with E-state index < -0.39 is 6.10 Å². The fourth-order valence-corrected chi connectivity index (χ4v) is 1.58. The van der Waals surface area contributed by atoms with Crippen molar-refractivity contribution < 1.29 is 9.84 Å². The number of aliphatic hydroxyl groups excluding tert-OH is 1. The number of rotatable bonds is 4. The van der Waals surface area contributed by atoms with Gasteiger partial charge in [0.05, 0.1) is 13.2 Å². The lowest BCUT2D eigenvalue weighted by atomic mass is 9.83. The highest BCUT2D eigenvalue weighted by Crippen LogP contribution is 2.28. The molecule has 0 aliphatic heterocycles. The van der Waals surface area contributed by atoms with E-state index in [-0.39, 0.29) is 23.9 Å². The molecular weight excluding hydrogens is 250 g/mol. The molecule has 0 radical (unpaired) electrons. The summed E-state index contributed by atoms with van der Waals surface area (Å²) in [5.41, 5.74) is 6.92. The molecule has 0 saturated carbocycles. The van der Waals surface area contributed by atoms with Crippen molar-refractivity contribution in [2.75, 3.05) is 7.11 Å². The molecule has 18 heavy (non-hydrogen) atoms. The van der Waals surface area contributed by atoms with Gasteiger partial charge in [0.25, 0.3) is 0 Å². The normalized spacial score (nSPS) is 14.6. The summed E-state index contributed by atoms with van der Waals surface area (Å²) in [7, 11) is 1.62. The Morgan fingerprint density at radius 1 is 1.33 bits per heavy atom. The van der Waals surface area contributed by atoms with E-state index in [0.29, 0.717) is 6.42 Å². The van der Waals surface area contributed by atoms with Crippen molar-refractivity contribution in [2.24, 2.45) is 11.1 Å². The topological polar surface area (TPSA) is 55.5 Å². The van der Waals surface area contributed by atoms with Gasteiger partial charge in [-0.2, -0.15) is 0 Å². The van der Waals surface area contributed by atoms with Gasteiger partial charge in [0, 0.05) is 6.04 Å². The maximum atomic E-state index is 10.1. The van der Waals surface area contributed by atoms with Crippen LogP contribution in [-0.4, -0.2) is 18.3 Å². The lowest BCUT2D eigenvalue weighted by Gasteiger charge is -2.29. The van der Waals surface area contributed by atoms with E-state index in [2.05, 4.69) is 20.8 Å². The van der Waals surface area contributed by atoms with Crippen LogP contribution in [0, 0.1) is 5.41 Å². The molecule has 1 aromatic rings. The average molecular weight is 274 g/mol. The summed E-state index contributed by atoms with van der Waals surface area (Å²) in [5.74, 6) is 0.755. The molecule has 4 heteroatoms. The van der Waals surface area contributed by atoms with Gasteiger partial charge in [0.15, 0.2) is 0 Å². The summed E-state index contributed by atoms with van der Waals surface area (Å²) in [6.45, 7) is 6.24. The SMILES string of the molecule is COc1cccc([C@H](O)C[C@@H](N)C(C)(C)C)c1.Cl. The molecule has 0 unspecified atom stereocenters. The van der Waals surface area contributed by atoms with Crippen LogP contribution < -0.4 is 10.5 Å². The van der Waals surface area contributed by atoms with E-state index in [1.165, 1.54) is 0 Å². The van der Waals surface area contributed by atoms with E-state index >= 15 is 0 Å². The Hall–Kier alpha value is -0.770. The van der Waals surface area contributed by atoms with Crippen LogP contribution in [0.5, 0.6) is 5.75 Å². The molecule has 0 aliphatic rings. The highest BCUT2D eigenvalue weighted by Gasteiger charge is 2.24. The molecule has 1 aromatic carbocycles. The third kappa shape index (κ3) is 4.84. The number of methoxy groups -OCH3 is 1. The minimum atomic E-state index is -0.542. The Morgan fingerprint density at radius 2 is 1.94 bits per heavy atom. The largest absolute Gasteiger partial charge is 0.497 e. The fraction of sp³-hybridized carbons (Fsp3) is 0.571. The highest BCUT2D eigenvalue weighted by molar-refractivity contribution is 5.85. The molecule has 0 spiro atoms. The molecule has 0 heterocycles. The van der Waals surface area contributed by atoms with Gasteiger partial charge >= 0.3 is 0 Å². The molecule has 0 saturated heterocycles. The minimum absolute atomic E-state index is 0. The first-order valence-corrected chi connectivity index (χ1v) is 5.92. The molecular formula is C14H24ClNO2. The summed E-state index contributed by atoms with van der Waals surface area (Å²) in [4.78, 5) is 0. The van der Waals surface area contributed by atoms with Gasteiger partial charge in [-0.3, -0.25) is 0 Å². The summed E-state index contributed by atoms with van der Waals surface area (Å²) in [6, 6.07) is 7.44. The zero-order chi connectivity index (χ0) is 13.1. The van der Waals surface area contributed by atoms with Crippen LogP contribution in [0.15, 0.2) is 24.3 Å². The second-order valence-corrected chi connectivity index (χ2v) is 5.50. The third-order valence-corrected chi connectivity index (χ3v) is 3.07. The molecule has 0 fully saturated rings. The lowest BCUT2D eigenvalue weighted by molar-refractivity contribution is 0.133. The van der Waals surface area contributed by atoms with Crippen LogP contribution in [0.1, 0.15) is 38.9 Å². The zero-order valence-corrected chi connectivity index (χ0v) is 12.3. The number of ether oxygens (including phenoxy) is 1. The van der Waals surface area contributed by atoms with Crippen molar-refractivity contribution >= 4 is 12.4 Å². The van der Waals surface area contributed by atoms with Gasteiger partial charge in [-0.25, -0.2) is 0 Å². The fourth-order valence-electron chi connectivity index (χ4n) is 1.58. The van der Waals surface area contributed by atoms with Crippen LogP contribution >= 0.6 is 12.4 Å². The third-order valence-electron chi connectivity index (χ3n) is 3.07. The second kappa shape index (κ2) is 6.98. The van der Waals surface area contributed by atoms with Gasteiger partial charge in [-0.05, 0) is 29.5 Å². The van der Waals surface area contributed by atoms with Gasteiger partial charge in [0.2, 0.25) is 0 Å². The minimum Gasteiger partial charge on any atom is -0.497 e. The number of nitrogens with two attached hydrogens (primary N) is 1. The predicted octanol–water partition coefficient (Wildman–Crippen LogP) is 2.91. The number of aliphatic hydroxyl groups is 1. The van der Waals surface area contributed by atoms with E-state index in [1.807, 2.05) is 24.3 Å². The van der Waals surface area contributed by atoms with Crippen molar-refractivity contribution in [3.05, 3.63) is 29.8 Å². The van der Waals surface area contributed by atoms with Crippen molar-refractivity contribution in [1.82, 2.24) is 0 Å². The van der Waals surface area contributed by atoms with Gasteiger partial charge < -0.3 is 15.6 Å². The smallest absolute Gasteiger partial charge is 0.119 e. The summed E-state index contributed by atoms with van der Waals surface area (Å²) >= 11 is 0. The standard InChI is InChI=1S/C14H23NO2.ClH/c1-14(2,3)13(15)9-12(16)10-6-5-7-11(8-10)17-4;/h5-8,12-13,16H,9,15H2,1-4H3;1H/t12-,13-;/m1./s1. The van der Waals surface area contributed by atoms with Crippen molar-refractivity contribution in [3.8, 4) is 5.75 Å². The van der Waals surface area contributed by atoms with Crippen LogP contribution in [0.2, 0.25) is 0 Å². The maximum absolute atomic E-state index is 10.1. The monoisotopic (exact) mass is 273 g/mol. The van der Waals surface area contributed by atoms with Crippen LogP contribution in [0.25, 0.3) is 0 Å². The highest BCUT2D eigenvalue weighted by atomic mass is 35.5. The zero-order valence-electron chi connectivity index (χ0n) is 11.5. The summed E-state index contributed by atoms with van der Waals surface area (Å²) < 4.78 is 5.13. The number of hydrogen-bond acceptors (Lipinski definition) is 3. The van der Waals surface area contributed by atoms with Crippen LogP contribution in [0.4, 0.5) is 0 Å². The van der Waals surface area contributed by atoms with Crippen molar-refractivity contribution in [2.45, 2.75) is 39.3 Å². The second-order valence-electron chi connectivity index (χ2n) is 5.50.